The molecule has 1 heterocycles. The highest BCUT2D eigenvalue weighted by Crippen LogP contribution is 2.14. The van der Waals surface area contributed by atoms with Crippen molar-refractivity contribution in [2.24, 2.45) is 0 Å². The number of nitrogens with one attached hydrogen (secondary N) is 1. The highest BCUT2D eigenvalue weighted by atomic mass is 16.5. The van der Waals surface area contributed by atoms with Gasteiger partial charge < -0.3 is 10.1 Å². The van der Waals surface area contributed by atoms with Gasteiger partial charge in [-0.25, -0.2) is 4.68 Å². The normalized spacial score (nSPS) is 10.9. The SMILES string of the molecule is CCCCOCCCNC(=O)c1nn(Cc2ccccc2)c(=O)c2ccccc12. The van der Waals surface area contributed by atoms with E-state index >= 15 is 0 Å². The molecule has 0 bridgehead atoms. The fraction of sp³-hybridized carbons (Fsp3) is 0.348. The van der Waals surface area contributed by atoms with Crippen molar-refractivity contribution >= 4 is 16.7 Å². The van der Waals surface area contributed by atoms with Gasteiger partial charge in [-0.05, 0) is 24.5 Å². The molecule has 6 heteroatoms. The van der Waals surface area contributed by atoms with E-state index in [0.717, 1.165) is 31.4 Å². The molecule has 0 aliphatic rings. The first-order valence-electron chi connectivity index (χ1n) is 10.1. The van der Waals surface area contributed by atoms with Gasteiger partial charge in [0.15, 0.2) is 5.69 Å². The Balaban J connectivity index is 1.76. The van der Waals surface area contributed by atoms with E-state index in [9.17, 15) is 9.59 Å². The number of benzene rings is 2. The maximum Gasteiger partial charge on any atom is 0.274 e. The average molecular weight is 393 g/mol. The van der Waals surface area contributed by atoms with Crippen LogP contribution in [0, 0.1) is 0 Å². The summed E-state index contributed by atoms with van der Waals surface area (Å²) < 4.78 is 6.88. The molecule has 2 aromatic carbocycles. The molecule has 0 saturated heterocycles. The van der Waals surface area contributed by atoms with E-state index in [-0.39, 0.29) is 17.2 Å². The lowest BCUT2D eigenvalue weighted by atomic mass is 10.1. The molecule has 152 valence electrons. The van der Waals surface area contributed by atoms with Crippen LogP contribution in [0.1, 0.15) is 42.2 Å². The Hall–Kier alpha value is -2.99. The van der Waals surface area contributed by atoms with Gasteiger partial charge in [0.1, 0.15) is 0 Å². The van der Waals surface area contributed by atoms with Gasteiger partial charge in [-0.15, -0.1) is 0 Å². The summed E-state index contributed by atoms with van der Waals surface area (Å²) in [5, 5.41) is 8.35. The largest absolute Gasteiger partial charge is 0.381 e. The summed E-state index contributed by atoms with van der Waals surface area (Å²) in [5.74, 6) is -0.281. The van der Waals surface area contributed by atoms with E-state index in [1.165, 1.54) is 4.68 Å². The van der Waals surface area contributed by atoms with Gasteiger partial charge in [0.05, 0.1) is 11.9 Å². The number of carbonyl (C=O) groups excluding carboxylic acids is 1. The summed E-state index contributed by atoms with van der Waals surface area (Å²) in [4.78, 5) is 25.6. The summed E-state index contributed by atoms with van der Waals surface area (Å²) in [6, 6.07) is 16.7. The van der Waals surface area contributed by atoms with Gasteiger partial charge >= 0.3 is 0 Å². The van der Waals surface area contributed by atoms with E-state index in [1.807, 2.05) is 36.4 Å². The fourth-order valence-corrected chi connectivity index (χ4v) is 3.07. The van der Waals surface area contributed by atoms with Crippen molar-refractivity contribution in [2.75, 3.05) is 19.8 Å². The first kappa shape index (κ1) is 20.7. The number of unbranched alkanes of at least 4 members (excludes halogenated alkanes) is 1. The molecule has 0 fully saturated rings. The Labute approximate surface area is 170 Å². The summed E-state index contributed by atoms with van der Waals surface area (Å²) in [5.41, 5.74) is 1.02. The van der Waals surface area contributed by atoms with Crippen molar-refractivity contribution in [3.63, 3.8) is 0 Å². The molecule has 1 aromatic heterocycles. The minimum Gasteiger partial charge on any atom is -0.381 e. The van der Waals surface area contributed by atoms with Gasteiger partial charge in [0.25, 0.3) is 11.5 Å². The van der Waals surface area contributed by atoms with Crippen LogP contribution in [0.15, 0.2) is 59.4 Å². The van der Waals surface area contributed by atoms with Gasteiger partial charge in [0.2, 0.25) is 0 Å². The average Bonchev–Trinajstić information content (AvgIpc) is 2.75. The zero-order valence-electron chi connectivity index (χ0n) is 16.8. The lowest BCUT2D eigenvalue weighted by Gasteiger charge is -2.11. The molecule has 0 aliphatic heterocycles. The smallest absolute Gasteiger partial charge is 0.274 e. The van der Waals surface area contributed by atoms with Crippen molar-refractivity contribution in [1.82, 2.24) is 15.1 Å². The number of ether oxygens (including phenoxy) is 1. The minimum atomic E-state index is -0.281. The number of carbonyl (C=O) groups is 1. The van der Waals surface area contributed by atoms with E-state index in [2.05, 4.69) is 17.3 Å². The quantitative estimate of drug-likeness (QED) is 0.536. The van der Waals surface area contributed by atoms with Crippen molar-refractivity contribution < 1.29 is 9.53 Å². The van der Waals surface area contributed by atoms with Gasteiger partial charge in [-0.2, -0.15) is 5.10 Å². The summed E-state index contributed by atoms with van der Waals surface area (Å²) in [7, 11) is 0. The van der Waals surface area contributed by atoms with Crippen LogP contribution in [0.25, 0.3) is 10.8 Å². The minimum absolute atomic E-state index is 0.203. The highest BCUT2D eigenvalue weighted by molar-refractivity contribution is 6.04. The summed E-state index contributed by atoms with van der Waals surface area (Å²) >= 11 is 0. The number of fused-ring (bicyclic) bond motifs is 1. The molecule has 3 rings (SSSR count). The van der Waals surface area contributed by atoms with Gasteiger partial charge in [0, 0.05) is 25.1 Å². The molecule has 0 spiro atoms. The lowest BCUT2D eigenvalue weighted by Crippen LogP contribution is -2.31. The van der Waals surface area contributed by atoms with E-state index < -0.39 is 0 Å². The fourth-order valence-electron chi connectivity index (χ4n) is 3.07. The molecule has 1 amide bonds. The van der Waals surface area contributed by atoms with Crippen LogP contribution >= 0.6 is 0 Å². The molecule has 0 aliphatic carbocycles. The molecule has 6 nitrogen and oxygen atoms in total. The molecule has 3 aromatic rings. The monoisotopic (exact) mass is 393 g/mol. The van der Waals surface area contributed by atoms with E-state index in [0.29, 0.717) is 30.5 Å². The van der Waals surface area contributed by atoms with Gasteiger partial charge in [-0.1, -0.05) is 61.9 Å². The maximum atomic E-state index is 12.8. The number of amides is 1. The molecular formula is C23H27N3O3. The van der Waals surface area contributed by atoms with Crippen LogP contribution in [-0.2, 0) is 11.3 Å². The number of rotatable bonds is 10. The third-order valence-electron chi connectivity index (χ3n) is 4.65. The third-order valence-corrected chi connectivity index (χ3v) is 4.65. The van der Waals surface area contributed by atoms with Crippen LogP contribution < -0.4 is 10.9 Å². The molecule has 0 unspecified atom stereocenters. The zero-order chi connectivity index (χ0) is 20.5. The van der Waals surface area contributed by atoms with Crippen LogP contribution in [0.3, 0.4) is 0 Å². The van der Waals surface area contributed by atoms with Crippen LogP contribution in [0.2, 0.25) is 0 Å². The predicted octanol–water partition coefficient (Wildman–Crippen LogP) is 3.38. The van der Waals surface area contributed by atoms with Crippen LogP contribution in [0.4, 0.5) is 0 Å². The highest BCUT2D eigenvalue weighted by Gasteiger charge is 2.16. The topological polar surface area (TPSA) is 73.2 Å². The first-order chi connectivity index (χ1) is 14.2. The summed E-state index contributed by atoms with van der Waals surface area (Å²) in [6.45, 7) is 4.30. The molecular weight excluding hydrogens is 366 g/mol. The maximum absolute atomic E-state index is 12.8. The molecule has 0 radical (unpaired) electrons. The first-order valence-corrected chi connectivity index (χ1v) is 10.1. The third kappa shape index (κ3) is 5.51. The standard InChI is InChI=1S/C23H27N3O3/c1-2-3-15-29-16-9-14-24-22(27)21-19-12-7-8-13-20(19)23(28)26(25-21)17-18-10-5-4-6-11-18/h4-8,10-13H,2-3,9,14-17H2,1H3,(H,24,27). The van der Waals surface area contributed by atoms with Crippen LogP contribution in [0.5, 0.6) is 0 Å². The Morgan fingerprint density at radius 3 is 2.45 bits per heavy atom. The Kier molecular flexibility index (Phi) is 7.53. The Morgan fingerprint density at radius 2 is 1.69 bits per heavy atom. The number of hydrogen-bond acceptors (Lipinski definition) is 4. The Morgan fingerprint density at radius 1 is 1.00 bits per heavy atom. The molecule has 0 atom stereocenters. The number of aromatic nitrogens is 2. The van der Waals surface area contributed by atoms with Gasteiger partial charge in [-0.3, -0.25) is 9.59 Å². The van der Waals surface area contributed by atoms with Crippen LogP contribution in [-0.4, -0.2) is 35.4 Å². The van der Waals surface area contributed by atoms with Crippen molar-refractivity contribution in [2.45, 2.75) is 32.7 Å². The zero-order valence-corrected chi connectivity index (χ0v) is 16.8. The summed E-state index contributed by atoms with van der Waals surface area (Å²) in [6.07, 6.45) is 2.89. The predicted molar refractivity (Wildman–Crippen MR) is 114 cm³/mol. The molecule has 1 N–H and O–H groups in total. The molecule has 0 saturated carbocycles. The molecule has 29 heavy (non-hydrogen) atoms. The number of hydrogen-bond donors (Lipinski definition) is 1. The van der Waals surface area contributed by atoms with Crippen molar-refractivity contribution in [3.8, 4) is 0 Å². The second-order valence-corrected chi connectivity index (χ2v) is 6.92. The number of nitrogens with zero attached hydrogens (tertiary/aromatic N) is 2. The lowest BCUT2D eigenvalue weighted by molar-refractivity contribution is 0.0935. The van der Waals surface area contributed by atoms with Crippen molar-refractivity contribution in [1.29, 1.82) is 0 Å². The second-order valence-electron chi connectivity index (χ2n) is 6.92. The second kappa shape index (κ2) is 10.5. The van der Waals surface area contributed by atoms with Crippen molar-refractivity contribution in [3.05, 3.63) is 76.2 Å². The van der Waals surface area contributed by atoms with E-state index in [4.69, 9.17) is 4.74 Å². The Bertz CT molecular complexity index is 999. The van der Waals surface area contributed by atoms with E-state index in [1.54, 1.807) is 18.2 Å².